The quantitative estimate of drug-likeness (QED) is 0.871. The van der Waals surface area contributed by atoms with Crippen LogP contribution in [0.4, 0.5) is 0 Å². The molecular weight excluding hydrogens is 362 g/mol. The average molecular weight is 390 g/mol. The number of sulfone groups is 1. The highest BCUT2D eigenvalue weighted by Crippen LogP contribution is 2.32. The molecule has 6 nitrogen and oxygen atoms in total. The Morgan fingerprint density at radius 2 is 2.07 bits per heavy atom. The van der Waals surface area contributed by atoms with Gasteiger partial charge < -0.3 is 9.88 Å². The van der Waals surface area contributed by atoms with Crippen molar-refractivity contribution in [2.45, 2.75) is 37.8 Å². The number of rotatable bonds is 4. The van der Waals surface area contributed by atoms with Crippen LogP contribution in [0.5, 0.6) is 0 Å². The highest BCUT2D eigenvalue weighted by molar-refractivity contribution is 7.91. The fourth-order valence-electron chi connectivity index (χ4n) is 4.39. The summed E-state index contributed by atoms with van der Waals surface area (Å²) in [5.74, 6) is 0.491. The molecule has 7 heteroatoms. The topological polar surface area (TPSA) is 73.5 Å². The van der Waals surface area contributed by atoms with Gasteiger partial charge in [-0.15, -0.1) is 0 Å². The van der Waals surface area contributed by atoms with E-state index < -0.39 is 9.84 Å². The Labute approximate surface area is 160 Å². The number of likely N-dealkylation sites (tertiary alicyclic amines) is 1. The van der Waals surface area contributed by atoms with E-state index in [1.807, 2.05) is 29.0 Å². The molecule has 1 aromatic heterocycles. The maximum atomic E-state index is 13.0. The number of fused-ring (bicyclic) bond motifs is 1. The minimum Gasteiger partial charge on any atom is -0.357 e. The summed E-state index contributed by atoms with van der Waals surface area (Å²) >= 11 is 0. The Morgan fingerprint density at radius 3 is 2.81 bits per heavy atom. The van der Waals surface area contributed by atoms with Gasteiger partial charge in [0.15, 0.2) is 9.84 Å². The molecule has 0 aliphatic carbocycles. The van der Waals surface area contributed by atoms with Crippen LogP contribution >= 0.6 is 0 Å². The molecule has 0 bridgehead atoms. The number of H-pyrrole nitrogens is 1. The molecular formula is C20H27N3O3S. The van der Waals surface area contributed by atoms with E-state index in [2.05, 4.69) is 23.2 Å². The van der Waals surface area contributed by atoms with E-state index in [1.54, 1.807) is 0 Å². The van der Waals surface area contributed by atoms with Crippen molar-refractivity contribution >= 4 is 26.6 Å². The first kappa shape index (κ1) is 18.5. The van der Waals surface area contributed by atoms with Gasteiger partial charge in [-0.1, -0.05) is 18.2 Å². The van der Waals surface area contributed by atoms with Gasteiger partial charge in [0.2, 0.25) is 5.91 Å². The number of nitrogens with one attached hydrogen (secondary N) is 1. The third-order valence-electron chi connectivity index (χ3n) is 5.95. The average Bonchev–Trinajstić information content (AvgIpc) is 3.24. The number of likely N-dealkylation sites (N-methyl/N-ethyl adjacent to an activating group) is 1. The van der Waals surface area contributed by atoms with Crippen molar-refractivity contribution in [2.75, 3.05) is 31.6 Å². The van der Waals surface area contributed by atoms with Crippen molar-refractivity contribution in [3.05, 3.63) is 36.0 Å². The number of carbonyl (C=O) groups excluding carboxylic acids is 1. The molecule has 2 saturated heterocycles. The largest absolute Gasteiger partial charge is 0.357 e. The van der Waals surface area contributed by atoms with Gasteiger partial charge in [0.05, 0.1) is 24.1 Å². The van der Waals surface area contributed by atoms with Crippen LogP contribution in [-0.4, -0.2) is 66.8 Å². The molecule has 0 spiro atoms. The van der Waals surface area contributed by atoms with Crippen LogP contribution in [0.25, 0.3) is 10.9 Å². The van der Waals surface area contributed by atoms with Gasteiger partial charge in [-0.3, -0.25) is 9.69 Å². The van der Waals surface area contributed by atoms with Crippen molar-refractivity contribution in [1.29, 1.82) is 0 Å². The number of aromatic amines is 1. The van der Waals surface area contributed by atoms with Crippen LogP contribution < -0.4 is 0 Å². The van der Waals surface area contributed by atoms with E-state index in [9.17, 15) is 13.2 Å². The lowest BCUT2D eigenvalue weighted by molar-refractivity contribution is -0.136. The summed E-state index contributed by atoms with van der Waals surface area (Å²) in [7, 11) is -1.07. The normalized spacial score (nSPS) is 25.3. The van der Waals surface area contributed by atoms with E-state index in [0.717, 1.165) is 37.0 Å². The smallest absolute Gasteiger partial charge is 0.237 e. The summed E-state index contributed by atoms with van der Waals surface area (Å²) in [5, 5.41) is 1.17. The Hall–Kier alpha value is -1.86. The maximum absolute atomic E-state index is 13.0. The summed E-state index contributed by atoms with van der Waals surface area (Å²) < 4.78 is 23.5. The Balaban J connectivity index is 1.49. The van der Waals surface area contributed by atoms with Crippen molar-refractivity contribution in [3.63, 3.8) is 0 Å². The third kappa shape index (κ3) is 3.89. The Kier molecular flexibility index (Phi) is 4.99. The lowest BCUT2D eigenvalue weighted by Crippen LogP contribution is -2.46. The van der Waals surface area contributed by atoms with Crippen LogP contribution in [0.3, 0.4) is 0 Å². The molecule has 4 rings (SSSR count). The molecule has 1 aromatic carbocycles. The van der Waals surface area contributed by atoms with Crippen molar-refractivity contribution in [3.8, 4) is 0 Å². The summed E-state index contributed by atoms with van der Waals surface area (Å²) in [5.41, 5.74) is 2.19. The Bertz CT molecular complexity index is 904. The number of amides is 1. The van der Waals surface area contributed by atoms with Gasteiger partial charge >= 0.3 is 0 Å². The summed E-state index contributed by atoms with van der Waals surface area (Å²) in [4.78, 5) is 20.4. The second-order valence-corrected chi connectivity index (χ2v) is 10.1. The van der Waals surface area contributed by atoms with Gasteiger partial charge in [-0.25, -0.2) is 8.42 Å². The molecule has 2 atom stereocenters. The van der Waals surface area contributed by atoms with E-state index in [1.165, 1.54) is 5.39 Å². The van der Waals surface area contributed by atoms with E-state index in [4.69, 9.17) is 0 Å². The number of nitrogens with zero attached hydrogens (tertiary/aromatic N) is 2. The van der Waals surface area contributed by atoms with Gasteiger partial charge in [0.1, 0.15) is 0 Å². The summed E-state index contributed by atoms with van der Waals surface area (Å²) in [6.45, 7) is 1.03. The molecule has 1 N–H and O–H groups in total. The molecule has 2 aliphatic heterocycles. The van der Waals surface area contributed by atoms with Crippen molar-refractivity contribution < 1.29 is 13.2 Å². The van der Waals surface area contributed by atoms with E-state index in [0.29, 0.717) is 6.42 Å². The highest BCUT2D eigenvalue weighted by atomic mass is 32.2. The molecule has 27 heavy (non-hydrogen) atoms. The number of carbonyl (C=O) groups is 1. The van der Waals surface area contributed by atoms with Crippen molar-refractivity contribution in [2.24, 2.45) is 0 Å². The molecule has 2 aliphatic rings. The monoisotopic (exact) mass is 389 g/mol. The van der Waals surface area contributed by atoms with Gasteiger partial charge in [0, 0.05) is 23.8 Å². The maximum Gasteiger partial charge on any atom is 0.237 e. The fraction of sp³-hybridized carbons (Fsp3) is 0.550. The number of para-hydroxylation sites is 1. The zero-order valence-electron chi connectivity index (χ0n) is 15.7. The number of hydrogen-bond donors (Lipinski definition) is 1. The minimum absolute atomic E-state index is 0.0460. The lowest BCUT2D eigenvalue weighted by Gasteiger charge is -2.37. The SMILES string of the molecule is CN(CC(=O)N1CCCCC1c1cc2ccccc2[nH]1)C1CCS(=O)(=O)C1. The summed E-state index contributed by atoms with van der Waals surface area (Å²) in [6.07, 6.45) is 3.71. The number of benzene rings is 1. The van der Waals surface area contributed by atoms with Crippen LogP contribution in [0, 0.1) is 0 Å². The zero-order chi connectivity index (χ0) is 19.0. The minimum atomic E-state index is -2.94. The molecule has 0 radical (unpaired) electrons. The fourth-order valence-corrected chi connectivity index (χ4v) is 6.19. The second-order valence-electron chi connectivity index (χ2n) is 7.88. The predicted octanol–water partition coefficient (Wildman–Crippen LogP) is 2.34. The second kappa shape index (κ2) is 7.28. The number of piperidine rings is 1. The number of aromatic nitrogens is 1. The third-order valence-corrected chi connectivity index (χ3v) is 7.70. The zero-order valence-corrected chi connectivity index (χ0v) is 16.5. The Morgan fingerprint density at radius 1 is 1.26 bits per heavy atom. The number of hydrogen-bond acceptors (Lipinski definition) is 4. The van der Waals surface area contributed by atoms with Gasteiger partial charge in [-0.2, -0.15) is 0 Å². The van der Waals surface area contributed by atoms with Crippen molar-refractivity contribution in [1.82, 2.24) is 14.8 Å². The molecule has 2 aromatic rings. The van der Waals surface area contributed by atoms with E-state index >= 15 is 0 Å². The molecule has 1 amide bonds. The lowest BCUT2D eigenvalue weighted by atomic mass is 9.99. The first-order chi connectivity index (χ1) is 12.9. The molecule has 146 valence electrons. The molecule has 3 heterocycles. The van der Waals surface area contributed by atoms with Crippen LogP contribution in [-0.2, 0) is 14.6 Å². The highest BCUT2D eigenvalue weighted by Gasteiger charge is 2.34. The first-order valence-electron chi connectivity index (χ1n) is 9.71. The van der Waals surface area contributed by atoms with Gasteiger partial charge in [-0.05, 0) is 50.2 Å². The molecule has 0 saturated carbocycles. The predicted molar refractivity (Wildman–Crippen MR) is 106 cm³/mol. The summed E-state index contributed by atoms with van der Waals surface area (Å²) in [6, 6.07) is 10.3. The molecule has 2 unspecified atom stereocenters. The van der Waals surface area contributed by atoms with E-state index in [-0.39, 0.29) is 36.0 Å². The van der Waals surface area contributed by atoms with Crippen LogP contribution in [0.2, 0.25) is 0 Å². The standard InChI is InChI=1S/C20H27N3O3S/c1-22(16-9-11-27(25,26)14-16)13-20(24)23-10-5-4-8-19(23)18-12-15-6-2-3-7-17(15)21-18/h2-3,6-7,12,16,19,21H,4-5,8-11,13-14H2,1H3. The van der Waals surface area contributed by atoms with Gasteiger partial charge in [0.25, 0.3) is 0 Å². The first-order valence-corrected chi connectivity index (χ1v) is 11.5. The molecule has 2 fully saturated rings. The van der Waals surface area contributed by atoms with Crippen LogP contribution in [0.1, 0.15) is 37.4 Å². The van der Waals surface area contributed by atoms with Crippen LogP contribution in [0.15, 0.2) is 30.3 Å².